The molecule has 0 atom stereocenters. The van der Waals surface area contributed by atoms with E-state index in [1.54, 1.807) is 24.3 Å². The molecule has 0 aliphatic rings. The number of benzene rings is 2. The smallest absolute Gasteiger partial charge is 0.791 e. The molecule has 4 nitrogen and oxygen atoms in total. The average molecular weight is 417 g/mol. The Morgan fingerprint density at radius 1 is 0.652 bits per heavy atom. The van der Waals surface area contributed by atoms with Crippen LogP contribution in [0.1, 0.15) is 37.1 Å². The van der Waals surface area contributed by atoms with Gasteiger partial charge in [0.05, 0.1) is 11.4 Å². The molecule has 2 rings (SSSR count). The molecule has 0 aliphatic carbocycles. The van der Waals surface area contributed by atoms with Gasteiger partial charge in [-0.1, -0.05) is 74.5 Å². The fraction of sp³-hybridized carbons (Fsp3) is 0.222. The SMILES string of the molecule is C.C.Cc1ccc(C(=N\[O-])/C(=N/[O-])c2ccc(C)cc2)cc1.[Sn+2]. The van der Waals surface area contributed by atoms with Gasteiger partial charge in [0, 0.05) is 11.1 Å². The maximum absolute atomic E-state index is 11.1. The molecule has 0 saturated heterocycles. The van der Waals surface area contributed by atoms with Crippen LogP contribution < -0.4 is 0 Å². The first-order chi connectivity index (χ1) is 9.65. The molecule has 5 heteroatoms. The molecular formula is C18H22N2O2Sn. The van der Waals surface area contributed by atoms with E-state index in [1.807, 2.05) is 38.1 Å². The predicted octanol–water partition coefficient (Wildman–Crippen LogP) is 4.47. The molecule has 2 radical (unpaired) electrons. The number of hydrogen-bond acceptors (Lipinski definition) is 4. The second-order valence-electron chi connectivity index (χ2n) is 4.61. The van der Waals surface area contributed by atoms with E-state index in [2.05, 4.69) is 10.3 Å². The first-order valence-electron chi connectivity index (χ1n) is 6.21. The van der Waals surface area contributed by atoms with Gasteiger partial charge in [0.1, 0.15) is 0 Å². The molecule has 0 aliphatic heterocycles. The molecule has 23 heavy (non-hydrogen) atoms. The van der Waals surface area contributed by atoms with E-state index in [0.717, 1.165) is 11.1 Å². The minimum atomic E-state index is 0. The van der Waals surface area contributed by atoms with Crippen LogP contribution in [0.4, 0.5) is 0 Å². The van der Waals surface area contributed by atoms with Crippen molar-refractivity contribution >= 4 is 35.3 Å². The molecule has 0 bridgehead atoms. The van der Waals surface area contributed by atoms with Crippen LogP contribution in [-0.2, 0) is 0 Å². The van der Waals surface area contributed by atoms with Gasteiger partial charge in [-0.15, -0.1) is 0 Å². The molecule has 0 heterocycles. The number of rotatable bonds is 3. The Bertz CT molecular complexity index is 588. The Labute approximate surface area is 155 Å². The molecule has 0 aromatic heterocycles. The normalized spacial score (nSPS) is 10.9. The minimum absolute atomic E-state index is 0. The zero-order valence-electron chi connectivity index (χ0n) is 11.8. The summed E-state index contributed by atoms with van der Waals surface area (Å²) in [5, 5.41) is 28.2. The van der Waals surface area contributed by atoms with Crippen LogP contribution in [0, 0.1) is 24.3 Å². The van der Waals surface area contributed by atoms with Gasteiger partial charge >= 0.3 is 23.9 Å². The molecule has 0 unspecified atom stereocenters. The third-order valence-electron chi connectivity index (χ3n) is 3.06. The fourth-order valence-electron chi connectivity index (χ4n) is 1.89. The molecule has 0 fully saturated rings. The van der Waals surface area contributed by atoms with E-state index in [0.29, 0.717) is 11.1 Å². The average Bonchev–Trinajstić information content (AvgIpc) is 2.47. The van der Waals surface area contributed by atoms with E-state index >= 15 is 0 Å². The molecule has 0 spiro atoms. The monoisotopic (exact) mass is 418 g/mol. The number of aryl methyl sites for hydroxylation is 2. The van der Waals surface area contributed by atoms with Crippen molar-refractivity contribution in [1.82, 2.24) is 0 Å². The van der Waals surface area contributed by atoms with Gasteiger partial charge in [-0.05, 0) is 13.8 Å². The van der Waals surface area contributed by atoms with E-state index in [1.165, 1.54) is 0 Å². The third kappa shape index (κ3) is 5.71. The summed E-state index contributed by atoms with van der Waals surface area (Å²) in [4.78, 5) is 0. The molecule has 2 aromatic rings. The summed E-state index contributed by atoms with van der Waals surface area (Å²) in [6.07, 6.45) is 0. The zero-order chi connectivity index (χ0) is 14.5. The van der Waals surface area contributed by atoms with Crippen LogP contribution in [0.5, 0.6) is 0 Å². The van der Waals surface area contributed by atoms with Gasteiger partial charge in [-0.3, -0.25) is 0 Å². The van der Waals surface area contributed by atoms with Gasteiger partial charge in [0.2, 0.25) is 0 Å². The summed E-state index contributed by atoms with van der Waals surface area (Å²) in [5.41, 5.74) is 3.42. The van der Waals surface area contributed by atoms with Crippen molar-refractivity contribution in [2.24, 2.45) is 10.3 Å². The summed E-state index contributed by atoms with van der Waals surface area (Å²) in [5.74, 6) is 0. The van der Waals surface area contributed by atoms with E-state index in [9.17, 15) is 10.4 Å². The maximum atomic E-state index is 11.1. The number of nitrogens with zero attached hydrogens (tertiary/aromatic N) is 2. The van der Waals surface area contributed by atoms with Crippen molar-refractivity contribution in [3.63, 3.8) is 0 Å². The topological polar surface area (TPSA) is 70.8 Å². The van der Waals surface area contributed by atoms with Crippen LogP contribution in [0.2, 0.25) is 0 Å². The largest absolute Gasteiger partial charge is 2.00 e. The Morgan fingerprint density at radius 3 is 1.13 bits per heavy atom. The summed E-state index contributed by atoms with van der Waals surface area (Å²) >= 11 is 0. The van der Waals surface area contributed by atoms with Gasteiger partial charge in [-0.25, -0.2) is 0 Å². The molecular weight excluding hydrogens is 395 g/mol. The standard InChI is InChI=1S/C16H16N2O2.2CH4.Sn/c1-11-3-7-13(8-4-11)15(17-19)16(18-20)14-9-5-12(2)6-10-14;;;/h3-10,19-20H,1-2H3;2*1H4;/q;;;+2/p-2/b17-15+,18-16+;;;. The van der Waals surface area contributed by atoms with Gasteiger partial charge in [0.25, 0.3) is 0 Å². The van der Waals surface area contributed by atoms with E-state index in [-0.39, 0.29) is 50.2 Å². The Hall–Kier alpha value is -1.82. The van der Waals surface area contributed by atoms with E-state index < -0.39 is 0 Å². The predicted molar refractivity (Wildman–Crippen MR) is 101 cm³/mol. The molecule has 0 saturated carbocycles. The summed E-state index contributed by atoms with van der Waals surface area (Å²) in [6.45, 7) is 3.89. The zero-order valence-corrected chi connectivity index (χ0v) is 14.7. The van der Waals surface area contributed by atoms with Crippen molar-refractivity contribution in [3.05, 3.63) is 81.2 Å². The molecule has 120 valence electrons. The van der Waals surface area contributed by atoms with Crippen molar-refractivity contribution in [3.8, 4) is 0 Å². The van der Waals surface area contributed by atoms with Crippen LogP contribution in [-0.4, -0.2) is 35.3 Å². The second kappa shape index (κ2) is 10.8. The Kier molecular flexibility index (Phi) is 11.0. The maximum Gasteiger partial charge on any atom is 2.00 e. The van der Waals surface area contributed by atoms with Gasteiger partial charge in [-0.2, -0.15) is 0 Å². The van der Waals surface area contributed by atoms with Gasteiger partial charge in [0.15, 0.2) is 0 Å². The van der Waals surface area contributed by atoms with Crippen molar-refractivity contribution < 1.29 is 0 Å². The first kappa shape index (κ1) is 23.4. The number of hydrogen-bond donors (Lipinski definition) is 0. The Balaban J connectivity index is 0. The molecule has 0 amide bonds. The summed E-state index contributed by atoms with van der Waals surface area (Å²) < 4.78 is 0. The van der Waals surface area contributed by atoms with Crippen LogP contribution in [0.3, 0.4) is 0 Å². The fourth-order valence-corrected chi connectivity index (χ4v) is 1.89. The molecule has 0 N–H and O–H groups in total. The summed E-state index contributed by atoms with van der Waals surface area (Å²) in [7, 11) is 0. The quantitative estimate of drug-likeness (QED) is 0.420. The van der Waals surface area contributed by atoms with E-state index in [4.69, 9.17) is 0 Å². The van der Waals surface area contributed by atoms with Crippen LogP contribution >= 0.6 is 0 Å². The van der Waals surface area contributed by atoms with Crippen molar-refractivity contribution in [1.29, 1.82) is 0 Å². The van der Waals surface area contributed by atoms with Crippen LogP contribution in [0.15, 0.2) is 58.8 Å². The minimum Gasteiger partial charge on any atom is -0.791 e. The molecule has 2 aromatic carbocycles. The third-order valence-corrected chi connectivity index (χ3v) is 3.06. The van der Waals surface area contributed by atoms with Crippen molar-refractivity contribution in [2.75, 3.05) is 0 Å². The first-order valence-corrected chi connectivity index (χ1v) is 6.21. The van der Waals surface area contributed by atoms with Gasteiger partial charge < -0.3 is 20.7 Å². The van der Waals surface area contributed by atoms with Crippen LogP contribution in [0.25, 0.3) is 0 Å². The Morgan fingerprint density at radius 2 is 0.913 bits per heavy atom. The van der Waals surface area contributed by atoms with Crippen molar-refractivity contribution in [2.45, 2.75) is 28.7 Å². The second-order valence-corrected chi connectivity index (χ2v) is 4.61. The summed E-state index contributed by atoms with van der Waals surface area (Å²) in [6, 6.07) is 14.5.